The molecule has 0 spiro atoms. The first-order valence-corrected chi connectivity index (χ1v) is 6.21. The van der Waals surface area contributed by atoms with Crippen LogP contribution in [0.5, 0.6) is 0 Å². The van der Waals surface area contributed by atoms with Crippen LogP contribution in [0.2, 0.25) is 0 Å². The number of amides is 1. The Hall–Kier alpha value is -0.610. The van der Waals surface area contributed by atoms with Gasteiger partial charge in [-0.3, -0.25) is 4.79 Å². The molecule has 1 saturated heterocycles. The lowest BCUT2D eigenvalue weighted by atomic mass is 9.64. The predicted molar refractivity (Wildman–Crippen MR) is 62.0 cm³/mol. The van der Waals surface area contributed by atoms with Crippen LogP contribution in [0.1, 0.15) is 39.5 Å². The Balaban J connectivity index is 1.75. The van der Waals surface area contributed by atoms with Gasteiger partial charge in [0.05, 0.1) is 6.10 Å². The van der Waals surface area contributed by atoms with Crippen molar-refractivity contribution in [3.05, 3.63) is 0 Å². The van der Waals surface area contributed by atoms with Gasteiger partial charge in [-0.15, -0.1) is 0 Å². The van der Waals surface area contributed by atoms with Gasteiger partial charge in [0.15, 0.2) is 0 Å². The van der Waals surface area contributed by atoms with E-state index in [1.165, 1.54) is 6.42 Å². The fourth-order valence-electron chi connectivity index (χ4n) is 2.56. The van der Waals surface area contributed by atoms with Crippen LogP contribution < -0.4 is 10.6 Å². The zero-order chi connectivity index (χ0) is 11.8. The Morgan fingerprint density at radius 3 is 2.81 bits per heavy atom. The molecule has 3 unspecified atom stereocenters. The number of aliphatic hydroxyl groups excluding tert-OH is 1. The zero-order valence-electron chi connectivity index (χ0n) is 10.1. The van der Waals surface area contributed by atoms with Crippen molar-refractivity contribution in [1.82, 2.24) is 10.6 Å². The monoisotopic (exact) mass is 226 g/mol. The van der Waals surface area contributed by atoms with Gasteiger partial charge in [0.1, 0.15) is 0 Å². The molecule has 2 fully saturated rings. The van der Waals surface area contributed by atoms with Crippen molar-refractivity contribution in [3.8, 4) is 0 Å². The van der Waals surface area contributed by atoms with E-state index in [9.17, 15) is 9.90 Å². The molecule has 0 aromatic carbocycles. The van der Waals surface area contributed by atoms with Gasteiger partial charge in [0, 0.05) is 23.9 Å². The van der Waals surface area contributed by atoms with Gasteiger partial charge in [-0.1, -0.05) is 13.8 Å². The molecule has 4 heteroatoms. The predicted octanol–water partition coefficient (Wildman–Crippen LogP) is 0.404. The van der Waals surface area contributed by atoms with Gasteiger partial charge in [0.25, 0.3) is 0 Å². The Morgan fingerprint density at radius 1 is 1.56 bits per heavy atom. The second kappa shape index (κ2) is 4.34. The topological polar surface area (TPSA) is 61.4 Å². The van der Waals surface area contributed by atoms with Crippen LogP contribution >= 0.6 is 0 Å². The van der Waals surface area contributed by atoms with Crippen molar-refractivity contribution in [2.75, 3.05) is 6.54 Å². The minimum Gasteiger partial charge on any atom is -0.392 e. The molecule has 1 amide bonds. The molecular formula is C12H22N2O2. The number of rotatable bonds is 3. The first-order chi connectivity index (χ1) is 7.50. The average Bonchev–Trinajstić information content (AvgIpc) is 2.70. The van der Waals surface area contributed by atoms with Crippen molar-refractivity contribution in [2.24, 2.45) is 5.41 Å². The van der Waals surface area contributed by atoms with Gasteiger partial charge in [0.2, 0.25) is 5.91 Å². The lowest BCUT2D eigenvalue weighted by Gasteiger charge is -2.49. The molecule has 0 aromatic heterocycles. The molecule has 4 nitrogen and oxygen atoms in total. The van der Waals surface area contributed by atoms with Crippen LogP contribution in [-0.4, -0.2) is 35.7 Å². The summed E-state index contributed by atoms with van der Waals surface area (Å²) >= 11 is 0. The van der Waals surface area contributed by atoms with Crippen LogP contribution in [0.3, 0.4) is 0 Å². The first kappa shape index (κ1) is 11.9. The molecule has 0 radical (unpaired) electrons. The third-order valence-corrected chi connectivity index (χ3v) is 4.15. The third kappa shape index (κ3) is 2.23. The maximum Gasteiger partial charge on any atom is 0.221 e. The maximum absolute atomic E-state index is 11.8. The fraction of sp³-hybridized carbons (Fsp3) is 0.917. The summed E-state index contributed by atoms with van der Waals surface area (Å²) in [6.07, 6.45) is 3.26. The van der Waals surface area contributed by atoms with Gasteiger partial charge in [-0.25, -0.2) is 0 Å². The number of nitrogens with one attached hydrogen (secondary N) is 2. The molecule has 1 aliphatic carbocycles. The summed E-state index contributed by atoms with van der Waals surface area (Å²) in [5.74, 6) is 0.115. The molecule has 3 atom stereocenters. The summed E-state index contributed by atoms with van der Waals surface area (Å²) in [6, 6.07) is 0.490. The molecule has 2 aliphatic rings. The summed E-state index contributed by atoms with van der Waals surface area (Å²) in [4.78, 5) is 11.8. The van der Waals surface area contributed by atoms with E-state index in [0.717, 1.165) is 13.0 Å². The minimum atomic E-state index is -0.276. The van der Waals surface area contributed by atoms with Crippen LogP contribution in [0.25, 0.3) is 0 Å². The maximum atomic E-state index is 11.8. The van der Waals surface area contributed by atoms with E-state index in [-0.39, 0.29) is 23.5 Å². The highest BCUT2D eigenvalue weighted by atomic mass is 16.3. The van der Waals surface area contributed by atoms with E-state index in [1.807, 2.05) is 13.8 Å². The van der Waals surface area contributed by atoms with Crippen LogP contribution in [0.4, 0.5) is 0 Å². The minimum absolute atomic E-state index is 0.115. The lowest BCUT2D eigenvalue weighted by Crippen LogP contribution is -2.61. The quantitative estimate of drug-likeness (QED) is 0.653. The van der Waals surface area contributed by atoms with Crippen LogP contribution in [-0.2, 0) is 4.79 Å². The first-order valence-electron chi connectivity index (χ1n) is 6.21. The Morgan fingerprint density at radius 2 is 2.31 bits per heavy atom. The molecule has 3 N–H and O–H groups in total. The fourth-order valence-corrected chi connectivity index (χ4v) is 2.56. The van der Waals surface area contributed by atoms with Crippen LogP contribution in [0.15, 0.2) is 0 Å². The lowest BCUT2D eigenvalue weighted by molar-refractivity contribution is -0.129. The molecule has 2 rings (SSSR count). The molecular weight excluding hydrogens is 204 g/mol. The highest BCUT2D eigenvalue weighted by Gasteiger charge is 2.47. The summed E-state index contributed by atoms with van der Waals surface area (Å²) in [7, 11) is 0. The molecule has 16 heavy (non-hydrogen) atoms. The number of carbonyl (C=O) groups is 1. The van der Waals surface area contributed by atoms with E-state index < -0.39 is 0 Å². The highest BCUT2D eigenvalue weighted by molar-refractivity contribution is 5.77. The Kier molecular flexibility index (Phi) is 3.22. The second-order valence-electron chi connectivity index (χ2n) is 5.69. The number of hydrogen-bond acceptors (Lipinski definition) is 3. The van der Waals surface area contributed by atoms with Gasteiger partial charge in [-0.05, 0) is 25.8 Å². The van der Waals surface area contributed by atoms with E-state index in [1.54, 1.807) is 0 Å². The zero-order valence-corrected chi connectivity index (χ0v) is 10.1. The molecule has 0 aromatic rings. The van der Waals surface area contributed by atoms with E-state index in [4.69, 9.17) is 0 Å². The van der Waals surface area contributed by atoms with E-state index in [0.29, 0.717) is 18.9 Å². The van der Waals surface area contributed by atoms with Crippen molar-refractivity contribution in [2.45, 2.75) is 57.7 Å². The molecule has 1 aliphatic heterocycles. The largest absolute Gasteiger partial charge is 0.392 e. The summed E-state index contributed by atoms with van der Waals surface area (Å²) in [5, 5.41) is 15.9. The van der Waals surface area contributed by atoms with E-state index in [2.05, 4.69) is 10.6 Å². The molecule has 1 heterocycles. The molecule has 1 saturated carbocycles. The standard InChI is InChI=1S/C12H22N2O2/c1-12(2)9(7-10(12)15)14-11(16)6-8-4-3-5-13-8/h8-10,13,15H,3-7H2,1-2H3,(H,14,16). The van der Waals surface area contributed by atoms with Crippen molar-refractivity contribution < 1.29 is 9.90 Å². The SMILES string of the molecule is CC1(C)C(O)CC1NC(=O)CC1CCCN1. The highest BCUT2D eigenvalue weighted by Crippen LogP contribution is 2.40. The average molecular weight is 226 g/mol. The van der Waals surface area contributed by atoms with Crippen molar-refractivity contribution in [3.63, 3.8) is 0 Å². The smallest absolute Gasteiger partial charge is 0.221 e. The third-order valence-electron chi connectivity index (χ3n) is 4.15. The van der Waals surface area contributed by atoms with Gasteiger partial charge in [-0.2, -0.15) is 0 Å². The Bertz CT molecular complexity index is 272. The van der Waals surface area contributed by atoms with Gasteiger partial charge < -0.3 is 15.7 Å². The normalized spacial score (nSPS) is 36.8. The number of aliphatic hydroxyl groups is 1. The van der Waals surface area contributed by atoms with Gasteiger partial charge >= 0.3 is 0 Å². The Labute approximate surface area is 96.8 Å². The van der Waals surface area contributed by atoms with E-state index >= 15 is 0 Å². The molecule has 92 valence electrons. The summed E-state index contributed by atoms with van der Waals surface area (Å²) in [5.41, 5.74) is -0.168. The number of carbonyl (C=O) groups excluding carboxylic acids is 1. The second-order valence-corrected chi connectivity index (χ2v) is 5.69. The van der Waals surface area contributed by atoms with Crippen molar-refractivity contribution in [1.29, 1.82) is 0 Å². The van der Waals surface area contributed by atoms with Crippen LogP contribution in [0, 0.1) is 5.41 Å². The summed E-state index contributed by atoms with van der Waals surface area (Å²) in [6.45, 7) is 5.03. The summed E-state index contributed by atoms with van der Waals surface area (Å²) < 4.78 is 0. The number of hydrogen-bond donors (Lipinski definition) is 3. The van der Waals surface area contributed by atoms with Crippen molar-refractivity contribution >= 4 is 5.91 Å². The molecule has 0 bridgehead atoms.